The Kier molecular flexibility index (Phi) is 7.46. The van der Waals surface area contributed by atoms with E-state index in [1.807, 2.05) is 35.7 Å². The molecule has 1 aromatic heterocycles. The number of ether oxygens (including phenoxy) is 1. The van der Waals surface area contributed by atoms with Gasteiger partial charge in [0, 0.05) is 17.2 Å². The van der Waals surface area contributed by atoms with E-state index in [0.717, 1.165) is 4.90 Å². The van der Waals surface area contributed by atoms with Crippen molar-refractivity contribution in [3.63, 3.8) is 0 Å². The van der Waals surface area contributed by atoms with Crippen LogP contribution in [0.4, 0.5) is 0 Å². The molecule has 0 spiro atoms. The molecule has 1 aromatic carbocycles. The number of allylic oxidation sites excluding steroid dienone is 2. The van der Waals surface area contributed by atoms with Gasteiger partial charge >= 0.3 is 5.97 Å². The number of esters is 1. The molecule has 0 bridgehead atoms. The van der Waals surface area contributed by atoms with E-state index in [0.29, 0.717) is 17.9 Å². The van der Waals surface area contributed by atoms with E-state index in [4.69, 9.17) is 9.15 Å². The zero-order valence-electron chi connectivity index (χ0n) is 16.7. The van der Waals surface area contributed by atoms with Gasteiger partial charge in [0.25, 0.3) is 0 Å². The number of Topliss-reactive ketones (excluding diaryl/α,β-unsaturated/α-hetero) is 1. The third-order valence-corrected chi connectivity index (χ3v) is 4.83. The Hall–Kier alpha value is -2.53. The summed E-state index contributed by atoms with van der Waals surface area (Å²) in [7, 11) is 0. The second kappa shape index (κ2) is 9.60. The van der Waals surface area contributed by atoms with E-state index in [1.54, 1.807) is 39.0 Å². The van der Waals surface area contributed by atoms with Crippen LogP contribution in [0.15, 0.2) is 75.6 Å². The van der Waals surface area contributed by atoms with Crippen molar-refractivity contribution in [2.24, 2.45) is 5.41 Å². The zero-order chi connectivity index (χ0) is 20.7. The van der Waals surface area contributed by atoms with Crippen molar-refractivity contribution in [1.29, 1.82) is 0 Å². The number of hydrogen-bond donors (Lipinski definition) is 0. The van der Waals surface area contributed by atoms with Gasteiger partial charge in [-0.3, -0.25) is 9.59 Å². The third-order valence-electron chi connectivity index (χ3n) is 3.94. The third kappa shape index (κ3) is 5.99. The largest absolute Gasteiger partial charge is 0.457 e. The number of thioether (sulfide) groups is 1. The van der Waals surface area contributed by atoms with E-state index in [-0.39, 0.29) is 23.4 Å². The molecule has 28 heavy (non-hydrogen) atoms. The van der Waals surface area contributed by atoms with Crippen molar-refractivity contribution in [3.05, 3.63) is 77.8 Å². The lowest BCUT2D eigenvalue weighted by molar-refractivity contribution is -0.149. The molecule has 0 aliphatic carbocycles. The lowest BCUT2D eigenvalue weighted by atomic mass is 9.96. The smallest absolute Gasteiger partial charge is 0.316 e. The quantitative estimate of drug-likeness (QED) is 0.170. The van der Waals surface area contributed by atoms with E-state index < -0.39 is 5.41 Å². The van der Waals surface area contributed by atoms with Gasteiger partial charge in [0.1, 0.15) is 11.5 Å². The summed E-state index contributed by atoms with van der Waals surface area (Å²) in [6.07, 6.45) is 2.25. The van der Waals surface area contributed by atoms with Crippen molar-refractivity contribution in [1.82, 2.24) is 0 Å². The second-order valence-corrected chi connectivity index (χ2v) is 8.37. The molecule has 0 amide bonds. The molecule has 2 rings (SSSR count). The molecule has 0 fully saturated rings. The topological polar surface area (TPSA) is 56.5 Å². The van der Waals surface area contributed by atoms with Gasteiger partial charge in [-0.1, -0.05) is 36.0 Å². The second-order valence-electron chi connectivity index (χ2n) is 7.43. The fraction of sp³-hybridized carbons (Fsp3) is 0.304. The van der Waals surface area contributed by atoms with Gasteiger partial charge in [-0.25, -0.2) is 0 Å². The molecular weight excluding hydrogens is 372 g/mol. The van der Waals surface area contributed by atoms with Crippen molar-refractivity contribution in [2.45, 2.75) is 44.9 Å². The minimum Gasteiger partial charge on any atom is -0.457 e. The lowest BCUT2D eigenvalue weighted by Gasteiger charge is -2.22. The summed E-state index contributed by atoms with van der Waals surface area (Å²) in [5.41, 5.74) is -0.650. The summed E-state index contributed by atoms with van der Waals surface area (Å²) in [6.45, 7) is 10.7. The van der Waals surface area contributed by atoms with E-state index in [1.165, 1.54) is 18.7 Å². The van der Waals surface area contributed by atoms with Gasteiger partial charge < -0.3 is 9.15 Å². The monoisotopic (exact) mass is 398 g/mol. The van der Waals surface area contributed by atoms with Crippen LogP contribution < -0.4 is 0 Å². The Labute approximate surface area is 170 Å². The summed E-state index contributed by atoms with van der Waals surface area (Å²) in [5, 5.41) is 1.82. The summed E-state index contributed by atoms with van der Waals surface area (Å²) >= 11 is 1.46. The van der Waals surface area contributed by atoms with Crippen molar-refractivity contribution in [2.75, 3.05) is 0 Å². The summed E-state index contributed by atoms with van der Waals surface area (Å²) in [6, 6.07) is 13.2. The first kappa shape index (κ1) is 21.8. The van der Waals surface area contributed by atoms with E-state index in [2.05, 4.69) is 6.58 Å². The van der Waals surface area contributed by atoms with Gasteiger partial charge in [-0.15, -0.1) is 6.58 Å². The molecule has 1 unspecified atom stereocenters. The highest BCUT2D eigenvalue weighted by Gasteiger charge is 2.29. The average molecular weight is 399 g/mol. The Bertz CT molecular complexity index is 856. The van der Waals surface area contributed by atoms with Crippen molar-refractivity contribution >= 4 is 23.5 Å². The molecule has 5 heteroatoms. The molecular formula is C23H26O4S. The predicted molar refractivity (Wildman–Crippen MR) is 112 cm³/mol. The first-order chi connectivity index (χ1) is 13.2. The number of ketones is 1. The molecule has 0 radical (unpaired) electrons. The van der Waals surface area contributed by atoms with Crippen LogP contribution in [0.5, 0.6) is 0 Å². The van der Waals surface area contributed by atoms with E-state index >= 15 is 0 Å². The van der Waals surface area contributed by atoms with Crippen LogP contribution in [0.1, 0.15) is 56.3 Å². The van der Waals surface area contributed by atoms with Crippen molar-refractivity contribution < 1.29 is 18.7 Å². The van der Waals surface area contributed by atoms with Crippen LogP contribution in [0.2, 0.25) is 0 Å². The lowest BCUT2D eigenvalue weighted by Crippen LogP contribution is -2.24. The minimum atomic E-state index is -0.650. The van der Waals surface area contributed by atoms with Gasteiger partial charge in [0.2, 0.25) is 0 Å². The average Bonchev–Trinajstić information content (AvgIpc) is 3.13. The fourth-order valence-corrected chi connectivity index (χ4v) is 3.11. The zero-order valence-corrected chi connectivity index (χ0v) is 17.5. The number of furan rings is 1. The Morgan fingerprint density at radius 1 is 1.18 bits per heavy atom. The van der Waals surface area contributed by atoms with Crippen LogP contribution in [0, 0.1) is 5.41 Å². The number of hydrogen-bond acceptors (Lipinski definition) is 5. The van der Waals surface area contributed by atoms with Crippen LogP contribution in [0.25, 0.3) is 0 Å². The highest BCUT2D eigenvalue weighted by Crippen LogP contribution is 2.35. The molecule has 4 nitrogen and oxygen atoms in total. The predicted octanol–water partition coefficient (Wildman–Crippen LogP) is 6.36. The SMILES string of the molecule is C=CCC(/C(=C/Sc1ccccc1)OC(=O)C(C)(C)C)c1ccc(C(C)=O)o1. The highest BCUT2D eigenvalue weighted by atomic mass is 32.2. The summed E-state index contributed by atoms with van der Waals surface area (Å²) in [5.74, 6) is 0.471. The van der Waals surface area contributed by atoms with Crippen LogP contribution in [-0.2, 0) is 9.53 Å². The Morgan fingerprint density at radius 2 is 1.86 bits per heavy atom. The molecule has 2 aromatic rings. The molecule has 1 heterocycles. The summed E-state index contributed by atoms with van der Waals surface area (Å²) < 4.78 is 11.5. The maximum Gasteiger partial charge on any atom is 0.316 e. The Morgan fingerprint density at radius 3 is 2.39 bits per heavy atom. The first-order valence-electron chi connectivity index (χ1n) is 9.08. The Balaban J connectivity index is 2.40. The van der Waals surface area contributed by atoms with Crippen LogP contribution in [-0.4, -0.2) is 11.8 Å². The van der Waals surface area contributed by atoms with Gasteiger partial charge in [0.05, 0.1) is 11.3 Å². The normalized spacial score (nSPS) is 13.1. The van der Waals surface area contributed by atoms with Crippen LogP contribution >= 0.6 is 11.8 Å². The first-order valence-corrected chi connectivity index (χ1v) is 9.96. The van der Waals surface area contributed by atoms with Gasteiger partial charge in [-0.2, -0.15) is 0 Å². The highest BCUT2D eigenvalue weighted by molar-refractivity contribution is 8.02. The maximum absolute atomic E-state index is 12.6. The fourth-order valence-electron chi connectivity index (χ4n) is 2.33. The minimum absolute atomic E-state index is 0.153. The van der Waals surface area contributed by atoms with Crippen molar-refractivity contribution in [3.8, 4) is 0 Å². The van der Waals surface area contributed by atoms with Gasteiger partial charge in [0.15, 0.2) is 11.5 Å². The molecule has 1 atom stereocenters. The number of rotatable bonds is 8. The molecule has 0 saturated heterocycles. The van der Waals surface area contributed by atoms with Crippen LogP contribution in [0.3, 0.4) is 0 Å². The molecule has 0 saturated carbocycles. The molecule has 0 aliphatic heterocycles. The van der Waals surface area contributed by atoms with Gasteiger partial charge in [-0.05, 0) is 51.5 Å². The summed E-state index contributed by atoms with van der Waals surface area (Å²) in [4.78, 5) is 25.2. The molecule has 0 N–H and O–H groups in total. The standard InChI is InChI=1S/C23H26O4S/c1-6-10-18(20-14-13-19(26-20)16(2)24)21(27-22(25)23(3,4)5)15-28-17-11-8-7-9-12-17/h6-9,11-15,18H,1,10H2,2-5H3/b21-15-. The number of benzene rings is 1. The maximum atomic E-state index is 12.6. The molecule has 0 aliphatic rings. The van der Waals surface area contributed by atoms with E-state index in [9.17, 15) is 9.59 Å². The molecule has 148 valence electrons. The number of carbonyl (C=O) groups excluding carboxylic acids is 2. The number of carbonyl (C=O) groups is 2.